The number of piperazine rings is 1. The van der Waals surface area contributed by atoms with Crippen LogP contribution in [0, 0.1) is 0 Å². The van der Waals surface area contributed by atoms with Crippen molar-refractivity contribution in [3.05, 3.63) is 54.1 Å². The van der Waals surface area contributed by atoms with Crippen LogP contribution < -0.4 is 9.64 Å². The SMILES string of the molecule is COc1ccccc1N1CCN(/N=C(/C)c2ccc(O)cc2)CC1. The number of anilines is 1. The summed E-state index contributed by atoms with van der Waals surface area (Å²) in [4.78, 5) is 2.33. The van der Waals surface area contributed by atoms with Gasteiger partial charge < -0.3 is 14.7 Å². The number of rotatable bonds is 4. The third-order valence-electron chi connectivity index (χ3n) is 4.26. The van der Waals surface area contributed by atoms with Crippen molar-refractivity contribution in [2.45, 2.75) is 6.92 Å². The zero-order valence-electron chi connectivity index (χ0n) is 14.1. The number of aromatic hydroxyl groups is 1. The molecule has 5 heteroatoms. The van der Waals surface area contributed by atoms with E-state index in [9.17, 15) is 5.11 Å². The van der Waals surface area contributed by atoms with Crippen LogP contribution in [0.15, 0.2) is 53.6 Å². The normalized spacial score (nSPS) is 15.5. The van der Waals surface area contributed by atoms with E-state index in [1.54, 1.807) is 19.2 Å². The van der Waals surface area contributed by atoms with E-state index in [2.05, 4.69) is 16.0 Å². The molecule has 1 saturated heterocycles. The minimum atomic E-state index is 0.275. The number of hydrogen-bond acceptors (Lipinski definition) is 5. The van der Waals surface area contributed by atoms with Crippen molar-refractivity contribution in [2.24, 2.45) is 5.10 Å². The molecule has 0 spiro atoms. The van der Waals surface area contributed by atoms with Crippen LogP contribution in [0.25, 0.3) is 0 Å². The third kappa shape index (κ3) is 3.62. The fourth-order valence-corrected chi connectivity index (χ4v) is 2.90. The molecule has 0 amide bonds. The van der Waals surface area contributed by atoms with Gasteiger partial charge in [0.05, 0.1) is 31.6 Å². The van der Waals surface area contributed by atoms with Crippen molar-refractivity contribution in [2.75, 3.05) is 38.2 Å². The number of methoxy groups -OCH3 is 1. The first-order chi connectivity index (χ1) is 11.7. The lowest BCUT2D eigenvalue weighted by molar-refractivity contribution is 0.269. The molecule has 1 N–H and O–H groups in total. The highest BCUT2D eigenvalue weighted by molar-refractivity contribution is 5.98. The molecule has 0 bridgehead atoms. The first-order valence-corrected chi connectivity index (χ1v) is 8.15. The van der Waals surface area contributed by atoms with Crippen LogP contribution in [0.3, 0.4) is 0 Å². The summed E-state index contributed by atoms with van der Waals surface area (Å²) in [5.41, 5.74) is 3.12. The van der Waals surface area contributed by atoms with Crippen LogP contribution in [-0.2, 0) is 0 Å². The number of hydrazone groups is 1. The van der Waals surface area contributed by atoms with Gasteiger partial charge in [-0.15, -0.1) is 0 Å². The number of para-hydroxylation sites is 2. The highest BCUT2D eigenvalue weighted by atomic mass is 16.5. The Morgan fingerprint density at radius 1 is 1.00 bits per heavy atom. The molecule has 0 aromatic heterocycles. The van der Waals surface area contributed by atoms with Gasteiger partial charge in [-0.3, -0.25) is 5.01 Å². The second-order valence-corrected chi connectivity index (χ2v) is 5.84. The number of phenolic OH excluding ortho intramolecular Hbond substituents is 1. The Bertz CT molecular complexity index is 705. The van der Waals surface area contributed by atoms with Crippen molar-refractivity contribution in [1.82, 2.24) is 5.01 Å². The van der Waals surface area contributed by atoms with Crippen molar-refractivity contribution < 1.29 is 9.84 Å². The second-order valence-electron chi connectivity index (χ2n) is 5.84. The molecule has 1 aliphatic heterocycles. The van der Waals surface area contributed by atoms with Gasteiger partial charge in [0, 0.05) is 13.1 Å². The molecule has 3 rings (SSSR count). The summed E-state index contributed by atoms with van der Waals surface area (Å²) in [6.45, 7) is 5.55. The first kappa shape index (κ1) is 16.2. The van der Waals surface area contributed by atoms with Gasteiger partial charge in [0.15, 0.2) is 0 Å². The maximum Gasteiger partial charge on any atom is 0.142 e. The van der Waals surface area contributed by atoms with Gasteiger partial charge in [-0.2, -0.15) is 5.10 Å². The molecule has 0 atom stereocenters. The molecule has 1 heterocycles. The molecule has 0 radical (unpaired) electrons. The van der Waals surface area contributed by atoms with Gasteiger partial charge in [-0.1, -0.05) is 12.1 Å². The molecular weight excluding hydrogens is 302 g/mol. The fraction of sp³-hybridized carbons (Fsp3) is 0.316. The van der Waals surface area contributed by atoms with Crippen molar-refractivity contribution >= 4 is 11.4 Å². The molecule has 0 saturated carbocycles. The van der Waals surface area contributed by atoms with Crippen molar-refractivity contribution in [3.8, 4) is 11.5 Å². The van der Waals surface area contributed by atoms with Crippen LogP contribution >= 0.6 is 0 Å². The summed E-state index contributed by atoms with van der Waals surface area (Å²) in [6, 6.07) is 15.3. The lowest BCUT2D eigenvalue weighted by Gasteiger charge is -2.35. The van der Waals surface area contributed by atoms with Crippen LogP contribution in [0.5, 0.6) is 11.5 Å². The van der Waals surface area contributed by atoms with Gasteiger partial charge in [-0.05, 0) is 48.9 Å². The lowest BCUT2D eigenvalue weighted by atomic mass is 10.1. The van der Waals surface area contributed by atoms with E-state index < -0.39 is 0 Å². The van der Waals surface area contributed by atoms with Crippen LogP contribution in [0.4, 0.5) is 5.69 Å². The Morgan fingerprint density at radius 2 is 1.67 bits per heavy atom. The molecule has 5 nitrogen and oxygen atoms in total. The standard InChI is InChI=1S/C19H23N3O2/c1-15(16-7-9-17(23)10-8-16)20-22-13-11-21(12-14-22)18-5-3-4-6-19(18)24-2/h3-10,23H,11-14H2,1-2H3/b20-15-. The molecule has 0 aliphatic carbocycles. The predicted molar refractivity (Wildman–Crippen MR) is 97.1 cm³/mol. The van der Waals surface area contributed by atoms with E-state index in [4.69, 9.17) is 9.84 Å². The molecule has 126 valence electrons. The number of phenols is 1. The van der Waals surface area contributed by atoms with Crippen molar-refractivity contribution in [1.29, 1.82) is 0 Å². The van der Waals surface area contributed by atoms with E-state index in [1.165, 1.54) is 0 Å². The minimum Gasteiger partial charge on any atom is -0.508 e. The average molecular weight is 325 g/mol. The summed E-state index contributed by atoms with van der Waals surface area (Å²) >= 11 is 0. The Morgan fingerprint density at radius 3 is 2.33 bits per heavy atom. The fourth-order valence-electron chi connectivity index (χ4n) is 2.90. The van der Waals surface area contributed by atoms with E-state index in [1.807, 2.05) is 37.3 Å². The Balaban J connectivity index is 1.64. The number of benzene rings is 2. The van der Waals surface area contributed by atoms with Gasteiger partial charge >= 0.3 is 0 Å². The van der Waals surface area contributed by atoms with E-state index in [0.717, 1.165) is 48.9 Å². The summed E-state index contributed by atoms with van der Waals surface area (Å²) in [5, 5.41) is 16.2. The van der Waals surface area contributed by atoms with Crippen LogP contribution in [0.1, 0.15) is 12.5 Å². The van der Waals surface area contributed by atoms with Crippen molar-refractivity contribution in [3.63, 3.8) is 0 Å². The molecular formula is C19H23N3O2. The maximum absolute atomic E-state index is 9.37. The predicted octanol–water partition coefficient (Wildman–Crippen LogP) is 2.95. The van der Waals surface area contributed by atoms with E-state index in [-0.39, 0.29) is 5.75 Å². The zero-order chi connectivity index (χ0) is 16.9. The molecule has 24 heavy (non-hydrogen) atoms. The first-order valence-electron chi connectivity index (χ1n) is 8.15. The molecule has 1 aliphatic rings. The molecule has 2 aromatic carbocycles. The Labute approximate surface area is 142 Å². The average Bonchev–Trinajstić information content (AvgIpc) is 2.63. The van der Waals surface area contributed by atoms with Gasteiger partial charge in [0.1, 0.15) is 11.5 Å². The van der Waals surface area contributed by atoms with Gasteiger partial charge in [0.25, 0.3) is 0 Å². The summed E-state index contributed by atoms with van der Waals surface area (Å²) in [6.07, 6.45) is 0. The second kappa shape index (κ2) is 7.25. The summed E-state index contributed by atoms with van der Waals surface area (Å²) < 4.78 is 5.45. The quantitative estimate of drug-likeness (QED) is 0.878. The Hall–Kier alpha value is -2.69. The third-order valence-corrected chi connectivity index (χ3v) is 4.26. The monoisotopic (exact) mass is 325 g/mol. The topological polar surface area (TPSA) is 48.3 Å². The molecule has 1 fully saturated rings. The summed E-state index contributed by atoms with van der Waals surface area (Å²) in [5.74, 6) is 1.19. The number of ether oxygens (including phenoxy) is 1. The summed E-state index contributed by atoms with van der Waals surface area (Å²) in [7, 11) is 1.71. The lowest BCUT2D eigenvalue weighted by Crippen LogP contribution is -2.44. The number of hydrogen-bond donors (Lipinski definition) is 1. The maximum atomic E-state index is 9.37. The van der Waals surface area contributed by atoms with Gasteiger partial charge in [-0.25, -0.2) is 0 Å². The van der Waals surface area contributed by atoms with E-state index >= 15 is 0 Å². The smallest absolute Gasteiger partial charge is 0.142 e. The van der Waals surface area contributed by atoms with Crippen LogP contribution in [-0.4, -0.2) is 49.1 Å². The van der Waals surface area contributed by atoms with Gasteiger partial charge in [0.2, 0.25) is 0 Å². The van der Waals surface area contributed by atoms with Crippen LogP contribution in [0.2, 0.25) is 0 Å². The minimum absolute atomic E-state index is 0.275. The largest absolute Gasteiger partial charge is 0.508 e. The van der Waals surface area contributed by atoms with E-state index in [0.29, 0.717) is 0 Å². The highest BCUT2D eigenvalue weighted by Gasteiger charge is 2.18. The molecule has 2 aromatic rings. The number of nitrogens with zero attached hydrogens (tertiary/aromatic N) is 3. The highest BCUT2D eigenvalue weighted by Crippen LogP contribution is 2.28. The Kier molecular flexibility index (Phi) is 4.89. The zero-order valence-corrected chi connectivity index (χ0v) is 14.1. The molecule has 0 unspecified atom stereocenters.